The van der Waals surface area contributed by atoms with Crippen molar-refractivity contribution in [1.82, 2.24) is 9.62 Å². The van der Waals surface area contributed by atoms with Gasteiger partial charge in [0.25, 0.3) is 10.0 Å². The molecule has 0 saturated carbocycles. The van der Waals surface area contributed by atoms with Crippen LogP contribution in [0.5, 0.6) is 11.5 Å². The minimum absolute atomic E-state index is 0.0509. The maximum atomic E-state index is 12.9. The summed E-state index contributed by atoms with van der Waals surface area (Å²) in [4.78, 5) is 12.7. The molecule has 7 nitrogen and oxygen atoms in total. The number of sulfonamides is 1. The molecule has 2 aromatic carbocycles. The summed E-state index contributed by atoms with van der Waals surface area (Å²) in [7, 11) is -3.90. The van der Waals surface area contributed by atoms with E-state index in [2.05, 4.69) is 5.32 Å². The van der Waals surface area contributed by atoms with Crippen molar-refractivity contribution in [2.75, 3.05) is 6.54 Å². The highest BCUT2D eigenvalue weighted by atomic mass is 32.2. The summed E-state index contributed by atoms with van der Waals surface area (Å²) in [6.45, 7) is 0.372. The van der Waals surface area contributed by atoms with Gasteiger partial charge in [-0.05, 0) is 60.9 Å². The van der Waals surface area contributed by atoms with Gasteiger partial charge in [-0.3, -0.25) is 4.79 Å². The first-order valence-electron chi connectivity index (χ1n) is 10.4. The molecule has 3 aromatic rings. The first-order chi connectivity index (χ1) is 16.1. The van der Waals surface area contributed by atoms with Crippen LogP contribution in [0.25, 0.3) is 0 Å². The van der Waals surface area contributed by atoms with Crippen LogP contribution in [-0.4, -0.2) is 31.2 Å². The molecule has 1 saturated heterocycles. The van der Waals surface area contributed by atoms with Crippen molar-refractivity contribution in [3.8, 4) is 11.5 Å². The highest BCUT2D eigenvalue weighted by molar-refractivity contribution is 7.89. The van der Waals surface area contributed by atoms with E-state index in [4.69, 9.17) is 9.15 Å². The van der Waals surface area contributed by atoms with Crippen LogP contribution < -0.4 is 10.1 Å². The van der Waals surface area contributed by atoms with E-state index in [-0.39, 0.29) is 23.9 Å². The van der Waals surface area contributed by atoms with E-state index < -0.39 is 33.7 Å². The monoisotopic (exact) mass is 494 g/mol. The van der Waals surface area contributed by atoms with Crippen LogP contribution in [0.4, 0.5) is 13.2 Å². The number of ether oxygens (including phenoxy) is 1. The fraction of sp³-hybridized carbons (Fsp3) is 0.261. The van der Waals surface area contributed by atoms with E-state index in [0.717, 1.165) is 16.4 Å². The van der Waals surface area contributed by atoms with Gasteiger partial charge >= 0.3 is 6.18 Å². The highest BCUT2D eigenvalue weighted by Crippen LogP contribution is 2.33. The molecule has 4 rings (SSSR count). The van der Waals surface area contributed by atoms with Crippen LogP contribution in [0.3, 0.4) is 0 Å². The maximum absolute atomic E-state index is 12.9. The van der Waals surface area contributed by atoms with Gasteiger partial charge in [-0.1, -0.05) is 18.2 Å². The van der Waals surface area contributed by atoms with Crippen LogP contribution in [0.15, 0.2) is 76.4 Å². The van der Waals surface area contributed by atoms with Gasteiger partial charge in [0, 0.05) is 13.1 Å². The van der Waals surface area contributed by atoms with Crippen molar-refractivity contribution in [1.29, 1.82) is 0 Å². The van der Waals surface area contributed by atoms with Gasteiger partial charge in [-0.15, -0.1) is 0 Å². The molecular weight excluding hydrogens is 473 g/mol. The third kappa shape index (κ3) is 5.26. The van der Waals surface area contributed by atoms with Crippen molar-refractivity contribution in [2.45, 2.75) is 36.7 Å². The molecule has 1 fully saturated rings. The molecule has 180 valence electrons. The Hall–Kier alpha value is -3.31. The van der Waals surface area contributed by atoms with Gasteiger partial charge in [0.05, 0.1) is 11.8 Å². The maximum Gasteiger partial charge on any atom is 0.416 e. The van der Waals surface area contributed by atoms with Crippen LogP contribution in [-0.2, 0) is 27.5 Å². The summed E-state index contributed by atoms with van der Waals surface area (Å²) < 4.78 is 75.7. The van der Waals surface area contributed by atoms with Crippen LogP contribution in [0.1, 0.15) is 24.0 Å². The number of nitrogens with one attached hydrogen (secondary N) is 1. The Bertz CT molecular complexity index is 1240. The lowest BCUT2D eigenvalue weighted by Gasteiger charge is -2.22. The van der Waals surface area contributed by atoms with E-state index in [1.54, 1.807) is 24.3 Å². The number of rotatable bonds is 7. The summed E-state index contributed by atoms with van der Waals surface area (Å²) in [6.07, 6.45) is -2.25. The molecule has 1 aromatic heterocycles. The highest BCUT2D eigenvalue weighted by Gasteiger charge is 2.40. The van der Waals surface area contributed by atoms with E-state index in [0.29, 0.717) is 24.2 Å². The molecular formula is C23H21F3N2O5S. The number of amides is 1. The summed E-state index contributed by atoms with van der Waals surface area (Å²) in [5.41, 5.74) is -0.0949. The van der Waals surface area contributed by atoms with Gasteiger partial charge in [-0.2, -0.15) is 17.5 Å². The minimum atomic E-state index is -4.46. The van der Waals surface area contributed by atoms with Gasteiger partial charge < -0.3 is 14.5 Å². The van der Waals surface area contributed by atoms with Crippen LogP contribution in [0.2, 0.25) is 0 Å². The zero-order valence-corrected chi connectivity index (χ0v) is 18.6. The van der Waals surface area contributed by atoms with Crippen molar-refractivity contribution in [3.05, 3.63) is 78.1 Å². The van der Waals surface area contributed by atoms with Gasteiger partial charge in [0.2, 0.25) is 11.0 Å². The number of carbonyl (C=O) groups is 1. The average molecular weight is 494 g/mol. The Morgan fingerprint density at radius 3 is 2.53 bits per heavy atom. The number of nitrogens with zero attached hydrogens (tertiary/aromatic N) is 1. The lowest BCUT2D eigenvalue weighted by atomic mass is 10.2. The summed E-state index contributed by atoms with van der Waals surface area (Å²) in [5.74, 6) is -0.0344. The third-order valence-corrected chi connectivity index (χ3v) is 7.15. The van der Waals surface area contributed by atoms with Crippen molar-refractivity contribution < 1.29 is 35.5 Å². The molecule has 0 spiro atoms. The van der Waals surface area contributed by atoms with Crippen molar-refractivity contribution >= 4 is 15.9 Å². The van der Waals surface area contributed by atoms with E-state index in [1.807, 2.05) is 0 Å². The molecule has 1 N–H and O–H groups in total. The number of hydrogen-bond donors (Lipinski definition) is 1. The Morgan fingerprint density at radius 1 is 1.09 bits per heavy atom. The molecule has 1 atom stereocenters. The second-order valence-electron chi connectivity index (χ2n) is 7.70. The molecule has 1 amide bonds. The molecule has 1 aliphatic heterocycles. The third-order valence-electron chi connectivity index (χ3n) is 5.35. The molecule has 1 aliphatic rings. The molecule has 0 bridgehead atoms. The first-order valence-corrected chi connectivity index (χ1v) is 11.9. The SMILES string of the molecule is O=C(NCc1ccc(Oc2cccc(C(F)(F)F)c2)cc1)[C@@H]1CCCN1S(=O)(=O)c1ccco1. The van der Waals surface area contributed by atoms with E-state index >= 15 is 0 Å². The lowest BCUT2D eigenvalue weighted by Crippen LogP contribution is -2.45. The fourth-order valence-corrected chi connectivity index (χ4v) is 5.23. The molecule has 11 heteroatoms. The predicted octanol–water partition coefficient (Wildman–Crippen LogP) is 4.56. The Balaban J connectivity index is 1.36. The zero-order chi connectivity index (χ0) is 24.3. The Kier molecular flexibility index (Phi) is 6.67. The minimum Gasteiger partial charge on any atom is -0.457 e. The number of benzene rings is 2. The number of carbonyl (C=O) groups excluding carboxylic acids is 1. The molecule has 2 heterocycles. The summed E-state index contributed by atoms with van der Waals surface area (Å²) >= 11 is 0. The molecule has 0 radical (unpaired) electrons. The Morgan fingerprint density at radius 2 is 1.85 bits per heavy atom. The second-order valence-corrected chi connectivity index (χ2v) is 9.52. The van der Waals surface area contributed by atoms with E-state index in [1.165, 1.54) is 30.5 Å². The summed E-state index contributed by atoms with van der Waals surface area (Å²) in [5, 5.41) is 2.53. The van der Waals surface area contributed by atoms with E-state index in [9.17, 15) is 26.4 Å². The number of furan rings is 1. The van der Waals surface area contributed by atoms with Gasteiger partial charge in [0.15, 0.2) is 0 Å². The number of halogens is 3. The van der Waals surface area contributed by atoms with Crippen molar-refractivity contribution in [3.63, 3.8) is 0 Å². The second kappa shape index (κ2) is 9.51. The largest absolute Gasteiger partial charge is 0.457 e. The Labute approximate surface area is 194 Å². The molecule has 34 heavy (non-hydrogen) atoms. The quantitative estimate of drug-likeness (QED) is 0.520. The van der Waals surface area contributed by atoms with Gasteiger partial charge in [0.1, 0.15) is 17.5 Å². The zero-order valence-electron chi connectivity index (χ0n) is 17.8. The molecule has 0 aliphatic carbocycles. The smallest absolute Gasteiger partial charge is 0.416 e. The average Bonchev–Trinajstić information content (AvgIpc) is 3.51. The normalized spacial score (nSPS) is 17.0. The fourth-order valence-electron chi connectivity index (χ4n) is 3.67. The lowest BCUT2D eigenvalue weighted by molar-refractivity contribution is -0.137. The number of alkyl halides is 3. The first kappa shape index (κ1) is 23.8. The van der Waals surface area contributed by atoms with Crippen LogP contribution >= 0.6 is 0 Å². The standard InChI is InChI=1S/C23H21F3N2O5S/c24-23(25,26)17-4-1-5-19(14-17)33-18-10-8-16(9-11-18)15-27-22(29)20-6-2-12-28(20)34(30,31)21-7-3-13-32-21/h1,3-5,7-11,13-14,20H,2,6,12,15H2,(H,27,29)/t20-/m0/s1. The summed E-state index contributed by atoms with van der Waals surface area (Å²) in [6, 6.07) is 13.0. The van der Waals surface area contributed by atoms with Crippen molar-refractivity contribution in [2.24, 2.45) is 0 Å². The predicted molar refractivity (Wildman–Crippen MR) is 115 cm³/mol. The topological polar surface area (TPSA) is 88.9 Å². The molecule has 0 unspecified atom stereocenters. The number of hydrogen-bond acceptors (Lipinski definition) is 5. The van der Waals surface area contributed by atoms with Crippen LogP contribution in [0, 0.1) is 0 Å². The van der Waals surface area contributed by atoms with Gasteiger partial charge in [-0.25, -0.2) is 8.42 Å².